The molecular formula is C13H23IO2. The second kappa shape index (κ2) is 7.67. The van der Waals surface area contributed by atoms with Crippen molar-refractivity contribution in [3.05, 3.63) is 9.66 Å². The highest BCUT2D eigenvalue weighted by Gasteiger charge is 2.30. The lowest BCUT2D eigenvalue weighted by Gasteiger charge is -2.36. The van der Waals surface area contributed by atoms with Crippen LogP contribution in [-0.4, -0.2) is 19.5 Å². The maximum absolute atomic E-state index is 5.67. The fourth-order valence-corrected chi connectivity index (χ4v) is 2.79. The molecule has 0 radical (unpaired) electrons. The molecule has 0 aromatic rings. The van der Waals surface area contributed by atoms with Crippen molar-refractivity contribution < 1.29 is 9.47 Å². The maximum Gasteiger partial charge on any atom is 0.155 e. The number of rotatable bonds is 7. The molecule has 0 heterocycles. The molecule has 0 spiro atoms. The van der Waals surface area contributed by atoms with E-state index in [4.69, 9.17) is 9.47 Å². The summed E-state index contributed by atoms with van der Waals surface area (Å²) in [7, 11) is 0. The van der Waals surface area contributed by atoms with Gasteiger partial charge in [0.15, 0.2) is 6.29 Å². The third kappa shape index (κ3) is 4.34. The van der Waals surface area contributed by atoms with Gasteiger partial charge in [0.05, 0.1) is 6.61 Å². The van der Waals surface area contributed by atoms with E-state index in [9.17, 15) is 0 Å². The van der Waals surface area contributed by atoms with Crippen molar-refractivity contribution >= 4 is 22.6 Å². The zero-order valence-electron chi connectivity index (χ0n) is 10.5. The molecule has 94 valence electrons. The molecule has 0 amide bonds. The molecule has 1 fully saturated rings. The number of hydrogen-bond acceptors (Lipinski definition) is 2. The summed E-state index contributed by atoms with van der Waals surface area (Å²) in [5.41, 5.74) is 1.44. The lowest BCUT2D eigenvalue weighted by molar-refractivity contribution is -0.122. The lowest BCUT2D eigenvalue weighted by atomic mass is 9.70. The first-order chi connectivity index (χ1) is 7.71. The Bertz CT molecular complexity index is 222. The van der Waals surface area contributed by atoms with Crippen LogP contribution in [0.2, 0.25) is 0 Å². The smallest absolute Gasteiger partial charge is 0.155 e. The second-order valence-corrected chi connectivity index (χ2v) is 5.08. The van der Waals surface area contributed by atoms with Crippen LogP contribution in [0, 0.1) is 11.8 Å². The molecule has 0 N–H and O–H groups in total. The van der Waals surface area contributed by atoms with Gasteiger partial charge in [0, 0.05) is 6.61 Å². The van der Waals surface area contributed by atoms with Crippen molar-refractivity contribution in [2.24, 2.45) is 11.8 Å². The van der Waals surface area contributed by atoms with E-state index in [1.807, 2.05) is 13.8 Å². The highest BCUT2D eigenvalue weighted by molar-refractivity contribution is 14.1. The summed E-state index contributed by atoms with van der Waals surface area (Å²) in [6.45, 7) is 7.68. The van der Waals surface area contributed by atoms with E-state index in [0.717, 1.165) is 18.4 Å². The second-order valence-electron chi connectivity index (χ2n) is 4.46. The van der Waals surface area contributed by atoms with Crippen molar-refractivity contribution in [3.63, 3.8) is 0 Å². The first-order valence-corrected chi connectivity index (χ1v) is 7.48. The Hall–Kier alpha value is 0.390. The molecule has 0 aromatic heterocycles. The van der Waals surface area contributed by atoms with Gasteiger partial charge < -0.3 is 9.47 Å². The summed E-state index contributed by atoms with van der Waals surface area (Å²) in [6, 6.07) is 0. The van der Waals surface area contributed by atoms with E-state index in [2.05, 4.69) is 33.6 Å². The summed E-state index contributed by atoms with van der Waals surface area (Å²) in [4.78, 5) is 0. The van der Waals surface area contributed by atoms with Crippen molar-refractivity contribution in [3.8, 4) is 0 Å². The molecule has 1 aliphatic rings. The van der Waals surface area contributed by atoms with E-state index >= 15 is 0 Å². The topological polar surface area (TPSA) is 18.5 Å². The summed E-state index contributed by atoms with van der Waals surface area (Å²) in [6.07, 6.45) is 3.93. The molecule has 16 heavy (non-hydrogen) atoms. The van der Waals surface area contributed by atoms with Gasteiger partial charge in [-0.2, -0.15) is 0 Å². The molecule has 0 bridgehead atoms. The van der Waals surface area contributed by atoms with Crippen molar-refractivity contribution in [1.29, 1.82) is 0 Å². The van der Waals surface area contributed by atoms with Crippen LogP contribution in [0.5, 0.6) is 0 Å². The van der Waals surface area contributed by atoms with Gasteiger partial charge in [-0.15, -0.1) is 0 Å². The molecule has 1 atom stereocenters. The van der Waals surface area contributed by atoms with Crippen molar-refractivity contribution in [1.82, 2.24) is 0 Å². The zero-order chi connectivity index (χ0) is 12.0. The first-order valence-electron chi connectivity index (χ1n) is 6.23. The highest BCUT2D eigenvalue weighted by atomic mass is 127. The van der Waals surface area contributed by atoms with E-state index in [0.29, 0.717) is 6.61 Å². The lowest BCUT2D eigenvalue weighted by Crippen LogP contribution is -2.27. The summed E-state index contributed by atoms with van der Waals surface area (Å²) < 4.78 is 13.2. The van der Waals surface area contributed by atoms with Crippen LogP contribution in [-0.2, 0) is 9.47 Å². The molecule has 3 heteroatoms. The Kier molecular flexibility index (Phi) is 6.92. The zero-order valence-corrected chi connectivity index (χ0v) is 12.7. The monoisotopic (exact) mass is 338 g/mol. The quantitative estimate of drug-likeness (QED) is 0.513. The van der Waals surface area contributed by atoms with Crippen LogP contribution >= 0.6 is 22.6 Å². The SMILES string of the molecule is CCOC(C)OCC(=CI)C1CC(CC)C1. The Balaban J connectivity index is 2.23. The third-order valence-electron chi connectivity index (χ3n) is 3.36. The van der Waals surface area contributed by atoms with Crippen molar-refractivity contribution in [2.75, 3.05) is 13.2 Å². The normalized spacial score (nSPS) is 27.6. The first kappa shape index (κ1) is 14.5. The minimum atomic E-state index is -0.0848. The summed E-state index contributed by atoms with van der Waals surface area (Å²) in [5.74, 6) is 1.70. The Morgan fingerprint density at radius 1 is 1.38 bits per heavy atom. The van der Waals surface area contributed by atoms with Crippen LogP contribution < -0.4 is 0 Å². The van der Waals surface area contributed by atoms with E-state index in [1.54, 1.807) is 0 Å². The summed E-state index contributed by atoms with van der Waals surface area (Å²) >= 11 is 2.33. The molecule has 1 rings (SSSR count). The number of hydrogen-bond donors (Lipinski definition) is 0. The van der Waals surface area contributed by atoms with Gasteiger partial charge in [-0.1, -0.05) is 35.9 Å². The molecule has 1 saturated carbocycles. The molecule has 1 aliphatic carbocycles. The Labute approximate surface area is 113 Å². The minimum Gasteiger partial charge on any atom is -0.353 e. The predicted molar refractivity (Wildman–Crippen MR) is 75.6 cm³/mol. The van der Waals surface area contributed by atoms with Gasteiger partial charge in [-0.25, -0.2) is 0 Å². The third-order valence-corrected chi connectivity index (χ3v) is 4.16. The molecule has 0 aliphatic heterocycles. The van der Waals surface area contributed by atoms with Crippen LogP contribution in [0.1, 0.15) is 40.0 Å². The number of halogens is 1. The van der Waals surface area contributed by atoms with Gasteiger partial charge >= 0.3 is 0 Å². The van der Waals surface area contributed by atoms with E-state index < -0.39 is 0 Å². The Morgan fingerprint density at radius 3 is 2.56 bits per heavy atom. The van der Waals surface area contributed by atoms with Gasteiger partial charge in [0.1, 0.15) is 0 Å². The minimum absolute atomic E-state index is 0.0848. The Morgan fingerprint density at radius 2 is 2.06 bits per heavy atom. The van der Waals surface area contributed by atoms with Gasteiger partial charge in [0.25, 0.3) is 0 Å². The summed E-state index contributed by atoms with van der Waals surface area (Å²) in [5, 5.41) is 0. The van der Waals surface area contributed by atoms with E-state index in [-0.39, 0.29) is 6.29 Å². The molecule has 2 nitrogen and oxygen atoms in total. The van der Waals surface area contributed by atoms with Crippen LogP contribution in [0.3, 0.4) is 0 Å². The van der Waals surface area contributed by atoms with Crippen LogP contribution in [0.25, 0.3) is 0 Å². The van der Waals surface area contributed by atoms with E-state index in [1.165, 1.54) is 24.8 Å². The number of ether oxygens (including phenoxy) is 2. The molecular weight excluding hydrogens is 315 g/mol. The fraction of sp³-hybridized carbons (Fsp3) is 0.846. The van der Waals surface area contributed by atoms with Gasteiger partial charge in [0.2, 0.25) is 0 Å². The highest BCUT2D eigenvalue weighted by Crippen LogP contribution is 2.40. The molecule has 1 unspecified atom stereocenters. The van der Waals surface area contributed by atoms with Gasteiger partial charge in [-0.05, 0) is 48.2 Å². The standard InChI is InChI=1S/C13H23IO2/c1-4-11-6-12(7-11)13(8-14)9-16-10(3)15-5-2/h8,10-12H,4-7,9H2,1-3H3. The average Bonchev–Trinajstić information content (AvgIpc) is 2.21. The van der Waals surface area contributed by atoms with Gasteiger partial charge in [-0.3, -0.25) is 0 Å². The largest absolute Gasteiger partial charge is 0.353 e. The molecule has 0 saturated heterocycles. The maximum atomic E-state index is 5.67. The predicted octanol–water partition coefficient (Wildman–Crippen LogP) is 4.14. The van der Waals surface area contributed by atoms with Crippen molar-refractivity contribution in [2.45, 2.75) is 46.3 Å². The van der Waals surface area contributed by atoms with Crippen LogP contribution in [0.4, 0.5) is 0 Å². The average molecular weight is 338 g/mol. The fourth-order valence-electron chi connectivity index (χ4n) is 2.11. The van der Waals surface area contributed by atoms with Crippen LogP contribution in [0.15, 0.2) is 9.66 Å². The molecule has 0 aromatic carbocycles.